The Bertz CT molecular complexity index is 789. The Kier molecular flexibility index (Phi) is 5.57. The molecule has 0 bridgehead atoms. The Morgan fingerprint density at radius 2 is 1.67 bits per heavy atom. The first-order valence-electron chi connectivity index (χ1n) is 7.30. The fraction of sp³-hybridized carbons (Fsp3) is 0.118. The average molecular weight is 387 g/mol. The first-order valence-corrected chi connectivity index (χ1v) is 8.10. The first kappa shape index (κ1) is 16.2. The van der Waals surface area contributed by atoms with Crippen molar-refractivity contribution < 1.29 is 9.47 Å². The molecule has 1 aromatic heterocycles. The lowest BCUT2D eigenvalue weighted by Gasteiger charge is -2.10. The SMILES string of the molecule is Brc1ccc(OCCOc2ccccc2/C=N/n2cnnc2)cc1. The van der Waals surface area contributed by atoms with Gasteiger partial charge in [-0.1, -0.05) is 28.1 Å². The maximum Gasteiger partial charge on any atom is 0.141 e. The summed E-state index contributed by atoms with van der Waals surface area (Å²) in [5.41, 5.74) is 0.870. The van der Waals surface area contributed by atoms with Gasteiger partial charge < -0.3 is 9.47 Å². The Balaban J connectivity index is 1.54. The molecule has 0 aliphatic rings. The second-order valence-electron chi connectivity index (χ2n) is 4.78. The van der Waals surface area contributed by atoms with Crippen LogP contribution in [-0.4, -0.2) is 34.3 Å². The summed E-state index contributed by atoms with van der Waals surface area (Å²) in [6, 6.07) is 15.4. The van der Waals surface area contributed by atoms with E-state index in [0.717, 1.165) is 21.5 Å². The maximum absolute atomic E-state index is 5.79. The Morgan fingerprint density at radius 1 is 0.958 bits per heavy atom. The minimum atomic E-state index is 0.438. The van der Waals surface area contributed by atoms with Crippen LogP contribution in [0.1, 0.15) is 5.56 Å². The van der Waals surface area contributed by atoms with E-state index < -0.39 is 0 Å². The van der Waals surface area contributed by atoms with Crippen molar-refractivity contribution in [3.8, 4) is 11.5 Å². The van der Waals surface area contributed by atoms with Crippen molar-refractivity contribution in [2.75, 3.05) is 13.2 Å². The van der Waals surface area contributed by atoms with Gasteiger partial charge in [0, 0.05) is 10.0 Å². The summed E-state index contributed by atoms with van der Waals surface area (Å²) in [7, 11) is 0. The standard InChI is InChI=1S/C17H15BrN4O2/c18-15-5-7-16(8-6-15)23-9-10-24-17-4-2-1-3-14(17)11-21-22-12-19-20-13-22/h1-8,11-13H,9-10H2/b21-11+. The number of nitrogens with zero attached hydrogens (tertiary/aromatic N) is 4. The second kappa shape index (κ2) is 8.26. The van der Waals surface area contributed by atoms with Gasteiger partial charge in [-0.25, -0.2) is 4.68 Å². The summed E-state index contributed by atoms with van der Waals surface area (Å²) in [5, 5.41) is 11.6. The molecule has 122 valence electrons. The molecule has 0 aliphatic carbocycles. The third-order valence-corrected chi connectivity index (χ3v) is 3.61. The van der Waals surface area contributed by atoms with Crippen molar-refractivity contribution in [2.45, 2.75) is 0 Å². The van der Waals surface area contributed by atoms with Crippen LogP contribution in [0.4, 0.5) is 0 Å². The van der Waals surface area contributed by atoms with E-state index in [9.17, 15) is 0 Å². The van der Waals surface area contributed by atoms with E-state index in [2.05, 4.69) is 31.2 Å². The normalized spacial score (nSPS) is 10.9. The Labute approximate surface area is 147 Å². The molecular weight excluding hydrogens is 372 g/mol. The number of aromatic nitrogens is 3. The molecule has 6 nitrogen and oxygen atoms in total. The first-order chi connectivity index (χ1) is 11.8. The summed E-state index contributed by atoms with van der Waals surface area (Å²) < 4.78 is 14.0. The maximum atomic E-state index is 5.79. The van der Waals surface area contributed by atoms with Gasteiger partial charge >= 0.3 is 0 Å². The van der Waals surface area contributed by atoms with Crippen LogP contribution in [0, 0.1) is 0 Å². The predicted molar refractivity (Wildman–Crippen MR) is 94.6 cm³/mol. The smallest absolute Gasteiger partial charge is 0.141 e. The van der Waals surface area contributed by atoms with Gasteiger partial charge in [0.05, 0.1) is 6.21 Å². The highest BCUT2D eigenvalue weighted by Gasteiger charge is 2.01. The topological polar surface area (TPSA) is 61.5 Å². The van der Waals surface area contributed by atoms with Crippen LogP contribution in [0.2, 0.25) is 0 Å². The van der Waals surface area contributed by atoms with Gasteiger partial charge in [-0.15, -0.1) is 10.2 Å². The number of rotatable bonds is 7. The number of halogens is 1. The zero-order chi connectivity index (χ0) is 16.6. The molecule has 0 saturated carbocycles. The highest BCUT2D eigenvalue weighted by atomic mass is 79.9. The summed E-state index contributed by atoms with van der Waals surface area (Å²) in [4.78, 5) is 0. The second-order valence-corrected chi connectivity index (χ2v) is 5.69. The summed E-state index contributed by atoms with van der Waals surface area (Å²) in [6.07, 6.45) is 4.74. The molecule has 0 N–H and O–H groups in total. The molecule has 3 rings (SSSR count). The molecule has 2 aromatic carbocycles. The molecule has 1 heterocycles. The average Bonchev–Trinajstić information content (AvgIpc) is 3.13. The molecule has 24 heavy (non-hydrogen) atoms. The molecule has 7 heteroatoms. The van der Waals surface area contributed by atoms with Crippen LogP contribution in [0.5, 0.6) is 11.5 Å². The predicted octanol–water partition coefficient (Wildman–Crippen LogP) is 3.38. The van der Waals surface area contributed by atoms with Crippen LogP contribution < -0.4 is 9.47 Å². The monoisotopic (exact) mass is 386 g/mol. The fourth-order valence-corrected chi connectivity index (χ4v) is 2.21. The van der Waals surface area contributed by atoms with E-state index >= 15 is 0 Å². The third kappa shape index (κ3) is 4.66. The minimum absolute atomic E-state index is 0.438. The molecule has 0 spiro atoms. The van der Waals surface area contributed by atoms with Crippen LogP contribution in [0.3, 0.4) is 0 Å². The number of para-hydroxylation sites is 1. The van der Waals surface area contributed by atoms with Gasteiger partial charge in [-0.05, 0) is 36.4 Å². The molecule has 0 atom stereocenters. The summed E-state index contributed by atoms with van der Waals surface area (Å²) in [6.45, 7) is 0.895. The molecule has 0 fully saturated rings. The summed E-state index contributed by atoms with van der Waals surface area (Å²) in [5.74, 6) is 1.55. The molecule has 0 amide bonds. The molecule has 0 unspecified atom stereocenters. The molecule has 3 aromatic rings. The van der Waals surface area contributed by atoms with Gasteiger partial charge in [0.15, 0.2) is 0 Å². The zero-order valence-corrected chi connectivity index (χ0v) is 14.3. The highest BCUT2D eigenvalue weighted by molar-refractivity contribution is 9.10. The van der Waals surface area contributed by atoms with Gasteiger partial charge in [0.2, 0.25) is 0 Å². The number of benzene rings is 2. The van der Waals surface area contributed by atoms with Crippen molar-refractivity contribution >= 4 is 22.1 Å². The minimum Gasteiger partial charge on any atom is -0.490 e. The van der Waals surface area contributed by atoms with E-state index in [4.69, 9.17) is 9.47 Å². The number of hydrogen-bond acceptors (Lipinski definition) is 5. The molecule has 0 aliphatic heterocycles. The van der Waals surface area contributed by atoms with Crippen molar-refractivity contribution in [1.29, 1.82) is 0 Å². The molecule has 0 radical (unpaired) electrons. The number of ether oxygens (including phenoxy) is 2. The third-order valence-electron chi connectivity index (χ3n) is 3.08. The zero-order valence-electron chi connectivity index (χ0n) is 12.7. The van der Waals surface area contributed by atoms with E-state index in [1.807, 2.05) is 48.5 Å². The molecular formula is C17H15BrN4O2. The largest absolute Gasteiger partial charge is 0.490 e. The Morgan fingerprint density at radius 3 is 2.46 bits per heavy atom. The lowest BCUT2D eigenvalue weighted by molar-refractivity contribution is 0.217. The number of hydrogen-bond donors (Lipinski definition) is 0. The van der Waals surface area contributed by atoms with Crippen LogP contribution in [0.15, 0.2) is 70.8 Å². The lowest BCUT2D eigenvalue weighted by atomic mass is 10.2. The van der Waals surface area contributed by atoms with Crippen molar-refractivity contribution in [3.63, 3.8) is 0 Å². The van der Waals surface area contributed by atoms with Crippen LogP contribution >= 0.6 is 15.9 Å². The van der Waals surface area contributed by atoms with E-state index in [1.165, 1.54) is 17.3 Å². The molecule has 0 saturated heterocycles. The Hall–Kier alpha value is -2.67. The van der Waals surface area contributed by atoms with Crippen LogP contribution in [-0.2, 0) is 0 Å². The van der Waals surface area contributed by atoms with Crippen molar-refractivity contribution in [1.82, 2.24) is 14.9 Å². The highest BCUT2D eigenvalue weighted by Crippen LogP contribution is 2.17. The van der Waals surface area contributed by atoms with Gasteiger partial charge in [0.1, 0.15) is 37.4 Å². The van der Waals surface area contributed by atoms with E-state index in [0.29, 0.717) is 13.2 Å². The van der Waals surface area contributed by atoms with Crippen molar-refractivity contribution in [2.24, 2.45) is 5.10 Å². The van der Waals surface area contributed by atoms with Crippen LogP contribution in [0.25, 0.3) is 0 Å². The van der Waals surface area contributed by atoms with E-state index in [-0.39, 0.29) is 0 Å². The quantitative estimate of drug-likeness (QED) is 0.461. The van der Waals surface area contributed by atoms with Gasteiger partial charge in [-0.3, -0.25) is 0 Å². The fourth-order valence-electron chi connectivity index (χ4n) is 1.94. The van der Waals surface area contributed by atoms with Crippen molar-refractivity contribution in [3.05, 3.63) is 71.2 Å². The van der Waals surface area contributed by atoms with E-state index in [1.54, 1.807) is 6.21 Å². The van der Waals surface area contributed by atoms with Gasteiger partial charge in [0.25, 0.3) is 0 Å². The summed E-state index contributed by atoms with van der Waals surface area (Å²) >= 11 is 3.39. The lowest BCUT2D eigenvalue weighted by Crippen LogP contribution is -2.10. The van der Waals surface area contributed by atoms with Gasteiger partial charge in [-0.2, -0.15) is 5.10 Å².